The van der Waals surface area contributed by atoms with Crippen molar-refractivity contribution in [2.75, 3.05) is 7.11 Å². The Hall–Kier alpha value is -2.82. The van der Waals surface area contributed by atoms with Crippen LogP contribution in [-0.4, -0.2) is 23.2 Å². The summed E-state index contributed by atoms with van der Waals surface area (Å²) in [5.74, 6) is -0.827. The molecule has 1 aromatic heterocycles. The van der Waals surface area contributed by atoms with Crippen LogP contribution in [0.15, 0.2) is 54.6 Å². The van der Waals surface area contributed by atoms with E-state index >= 15 is 0 Å². The molecule has 0 aliphatic rings. The third-order valence-corrected chi connectivity index (χ3v) is 3.50. The van der Waals surface area contributed by atoms with Gasteiger partial charge in [-0.3, -0.25) is 0 Å². The average Bonchev–Trinajstić information content (AvgIpc) is 2.61. The fourth-order valence-electron chi connectivity index (χ4n) is 2.29. The van der Waals surface area contributed by atoms with E-state index in [1.165, 1.54) is 7.11 Å². The summed E-state index contributed by atoms with van der Waals surface area (Å²) in [6, 6.07) is 12.5. The molecule has 5 heteroatoms. The van der Waals surface area contributed by atoms with Crippen molar-refractivity contribution in [3.05, 3.63) is 65.7 Å². The molecule has 0 spiro atoms. The molecule has 0 saturated heterocycles. The standard InChI is InChI=1S/C19H21NO4/c1-3-4-9-15-12-8-13-20-17(15)24-19(23-2)16(18(21)22)14-10-6-5-7-11-14/h5-8,10-13H,3-4,9H2,1-2H3,(H,21,22). The third-order valence-electron chi connectivity index (χ3n) is 3.50. The van der Waals surface area contributed by atoms with E-state index < -0.39 is 5.97 Å². The van der Waals surface area contributed by atoms with Crippen LogP contribution >= 0.6 is 0 Å². The van der Waals surface area contributed by atoms with Crippen LogP contribution < -0.4 is 4.74 Å². The summed E-state index contributed by atoms with van der Waals surface area (Å²) in [7, 11) is 1.38. The summed E-state index contributed by atoms with van der Waals surface area (Å²) < 4.78 is 11.0. The molecule has 2 aromatic rings. The first kappa shape index (κ1) is 17.5. The van der Waals surface area contributed by atoms with Crippen LogP contribution in [-0.2, 0) is 16.0 Å². The van der Waals surface area contributed by atoms with Crippen molar-refractivity contribution in [2.45, 2.75) is 26.2 Å². The predicted octanol–water partition coefficient (Wildman–Crippen LogP) is 3.90. The van der Waals surface area contributed by atoms with Crippen molar-refractivity contribution in [2.24, 2.45) is 0 Å². The molecule has 0 fully saturated rings. The maximum atomic E-state index is 11.7. The summed E-state index contributed by atoms with van der Waals surface area (Å²) in [4.78, 5) is 15.9. The smallest absolute Gasteiger partial charge is 0.343 e. The fourth-order valence-corrected chi connectivity index (χ4v) is 2.29. The molecule has 0 radical (unpaired) electrons. The number of carboxylic acid groups (broad SMARTS) is 1. The molecule has 0 atom stereocenters. The van der Waals surface area contributed by atoms with Crippen LogP contribution in [0.4, 0.5) is 0 Å². The first-order valence-electron chi connectivity index (χ1n) is 7.86. The van der Waals surface area contributed by atoms with Gasteiger partial charge in [0.25, 0.3) is 0 Å². The third kappa shape index (κ3) is 4.35. The van der Waals surface area contributed by atoms with Crippen LogP contribution in [0.1, 0.15) is 30.9 Å². The number of aromatic nitrogens is 1. The van der Waals surface area contributed by atoms with E-state index in [1.807, 2.05) is 18.2 Å². The number of aliphatic carboxylic acids is 1. The Balaban J connectivity index is 2.42. The van der Waals surface area contributed by atoms with Gasteiger partial charge in [0.15, 0.2) is 0 Å². The number of aryl methyl sites for hydroxylation is 1. The second kappa shape index (κ2) is 8.72. The Morgan fingerprint density at radius 2 is 1.92 bits per heavy atom. The Labute approximate surface area is 141 Å². The van der Waals surface area contributed by atoms with Gasteiger partial charge in [0.1, 0.15) is 5.57 Å². The monoisotopic (exact) mass is 327 g/mol. The molecule has 5 nitrogen and oxygen atoms in total. The van der Waals surface area contributed by atoms with Gasteiger partial charge in [0.05, 0.1) is 7.11 Å². The number of unbranched alkanes of at least 4 members (excludes halogenated alkanes) is 1. The second-order valence-electron chi connectivity index (χ2n) is 5.21. The van der Waals surface area contributed by atoms with Crippen LogP contribution in [0.2, 0.25) is 0 Å². The molecular formula is C19H21NO4. The van der Waals surface area contributed by atoms with E-state index in [-0.39, 0.29) is 11.5 Å². The number of carbonyl (C=O) groups is 1. The topological polar surface area (TPSA) is 68.7 Å². The minimum atomic E-state index is -1.12. The SMILES string of the molecule is CCCCc1cccnc1OC(OC)=C(C(=O)O)c1ccccc1. The number of rotatable bonds is 8. The minimum Gasteiger partial charge on any atom is -0.477 e. The maximum Gasteiger partial charge on any atom is 0.343 e. The van der Waals surface area contributed by atoms with Crippen LogP contribution in [0.5, 0.6) is 5.88 Å². The van der Waals surface area contributed by atoms with Crippen molar-refractivity contribution < 1.29 is 19.4 Å². The molecule has 1 N–H and O–H groups in total. The zero-order chi connectivity index (χ0) is 17.4. The summed E-state index contributed by atoms with van der Waals surface area (Å²) in [5, 5.41) is 9.58. The molecule has 126 valence electrons. The molecule has 24 heavy (non-hydrogen) atoms. The maximum absolute atomic E-state index is 11.7. The van der Waals surface area contributed by atoms with Crippen LogP contribution in [0, 0.1) is 0 Å². The zero-order valence-electron chi connectivity index (χ0n) is 13.9. The van der Waals surface area contributed by atoms with Crippen molar-refractivity contribution in [1.29, 1.82) is 0 Å². The number of ether oxygens (including phenoxy) is 2. The van der Waals surface area contributed by atoms with E-state index in [4.69, 9.17) is 9.47 Å². The molecule has 0 amide bonds. The van der Waals surface area contributed by atoms with Gasteiger partial charge in [0.2, 0.25) is 5.88 Å². The number of hydrogen-bond donors (Lipinski definition) is 1. The molecule has 0 unspecified atom stereocenters. The van der Waals surface area contributed by atoms with Gasteiger partial charge in [0, 0.05) is 11.8 Å². The Bertz CT molecular complexity index is 710. The van der Waals surface area contributed by atoms with E-state index in [9.17, 15) is 9.90 Å². The zero-order valence-corrected chi connectivity index (χ0v) is 13.9. The number of pyridine rings is 1. The van der Waals surface area contributed by atoms with E-state index in [1.54, 1.807) is 30.5 Å². The lowest BCUT2D eigenvalue weighted by atomic mass is 10.1. The number of nitrogens with zero attached hydrogens (tertiary/aromatic N) is 1. The van der Waals surface area contributed by atoms with Gasteiger partial charge in [-0.2, -0.15) is 0 Å². The number of benzene rings is 1. The van der Waals surface area contributed by atoms with Crippen LogP contribution in [0.25, 0.3) is 5.57 Å². The molecule has 0 bridgehead atoms. The largest absolute Gasteiger partial charge is 0.477 e. The quantitative estimate of drug-likeness (QED) is 0.588. The number of carboxylic acids is 1. The Morgan fingerprint density at radius 1 is 1.17 bits per heavy atom. The van der Waals surface area contributed by atoms with Gasteiger partial charge in [-0.05, 0) is 24.5 Å². The second-order valence-corrected chi connectivity index (χ2v) is 5.21. The first-order valence-corrected chi connectivity index (χ1v) is 7.86. The van der Waals surface area contributed by atoms with Gasteiger partial charge in [-0.15, -0.1) is 0 Å². The summed E-state index contributed by atoms with van der Waals surface area (Å²) in [6.07, 6.45) is 4.47. The summed E-state index contributed by atoms with van der Waals surface area (Å²) in [6.45, 7) is 2.11. The van der Waals surface area contributed by atoms with Gasteiger partial charge in [-0.1, -0.05) is 49.7 Å². The van der Waals surface area contributed by atoms with E-state index in [0.29, 0.717) is 11.4 Å². The highest BCUT2D eigenvalue weighted by Gasteiger charge is 2.21. The van der Waals surface area contributed by atoms with Crippen molar-refractivity contribution in [1.82, 2.24) is 4.98 Å². The van der Waals surface area contributed by atoms with Crippen molar-refractivity contribution >= 4 is 11.5 Å². The van der Waals surface area contributed by atoms with Crippen molar-refractivity contribution in [3.63, 3.8) is 0 Å². The average molecular weight is 327 g/mol. The lowest BCUT2D eigenvalue weighted by Crippen LogP contribution is -2.11. The Morgan fingerprint density at radius 3 is 2.54 bits per heavy atom. The molecule has 0 aliphatic carbocycles. The van der Waals surface area contributed by atoms with Crippen molar-refractivity contribution in [3.8, 4) is 5.88 Å². The first-order chi connectivity index (χ1) is 11.7. The highest BCUT2D eigenvalue weighted by molar-refractivity contribution is 6.15. The normalized spacial score (nSPS) is 11.6. The highest BCUT2D eigenvalue weighted by atomic mass is 16.7. The highest BCUT2D eigenvalue weighted by Crippen LogP contribution is 2.25. The van der Waals surface area contributed by atoms with Gasteiger partial charge in [-0.25, -0.2) is 9.78 Å². The van der Waals surface area contributed by atoms with Crippen LogP contribution in [0.3, 0.4) is 0 Å². The number of methoxy groups -OCH3 is 1. The Kier molecular flexibility index (Phi) is 6.37. The summed E-state index contributed by atoms with van der Waals surface area (Å²) >= 11 is 0. The van der Waals surface area contributed by atoms with Gasteiger partial charge < -0.3 is 14.6 Å². The predicted molar refractivity (Wildman–Crippen MR) is 91.5 cm³/mol. The molecule has 1 heterocycles. The minimum absolute atomic E-state index is 0.0369. The van der Waals surface area contributed by atoms with Gasteiger partial charge >= 0.3 is 11.9 Å². The molecular weight excluding hydrogens is 306 g/mol. The lowest BCUT2D eigenvalue weighted by Gasteiger charge is -2.14. The fraction of sp³-hybridized carbons (Fsp3) is 0.263. The summed E-state index contributed by atoms with van der Waals surface area (Å²) in [5.41, 5.74) is 1.39. The lowest BCUT2D eigenvalue weighted by molar-refractivity contribution is -0.130. The molecule has 0 saturated carbocycles. The molecule has 1 aromatic carbocycles. The van der Waals surface area contributed by atoms with E-state index in [2.05, 4.69) is 11.9 Å². The number of hydrogen-bond acceptors (Lipinski definition) is 4. The molecule has 0 aliphatic heterocycles. The molecule has 2 rings (SSSR count). The van der Waals surface area contributed by atoms with E-state index in [0.717, 1.165) is 24.8 Å².